The van der Waals surface area contributed by atoms with Crippen LogP contribution in [0.3, 0.4) is 0 Å². The minimum absolute atomic E-state index is 0.554. The molecule has 3 nitrogen and oxygen atoms in total. The van der Waals surface area contributed by atoms with Crippen molar-refractivity contribution in [1.29, 1.82) is 0 Å². The first-order chi connectivity index (χ1) is 10.3. The lowest BCUT2D eigenvalue weighted by atomic mass is 9.82. The van der Waals surface area contributed by atoms with Crippen molar-refractivity contribution in [1.82, 2.24) is 4.90 Å². The second-order valence-corrected chi connectivity index (χ2v) is 7.07. The largest absolute Gasteiger partial charge is 0.480 e. The molecule has 1 aliphatic carbocycles. The standard InChI is InChI=1S/C18H33NO2/c20-17(21)18(19-15-11-8-12-16-19)13-9-6-4-2-1-3-5-7-10-14-18/h1-16H2,(H,20,21). The summed E-state index contributed by atoms with van der Waals surface area (Å²) >= 11 is 0. The van der Waals surface area contributed by atoms with Gasteiger partial charge in [-0.15, -0.1) is 0 Å². The van der Waals surface area contributed by atoms with Gasteiger partial charge in [-0.25, -0.2) is 0 Å². The highest BCUT2D eigenvalue weighted by atomic mass is 16.4. The molecule has 122 valence electrons. The predicted octanol–water partition coefficient (Wildman–Crippen LogP) is 4.60. The quantitative estimate of drug-likeness (QED) is 0.809. The maximum atomic E-state index is 12.2. The Morgan fingerprint density at radius 3 is 1.48 bits per heavy atom. The van der Waals surface area contributed by atoms with Gasteiger partial charge < -0.3 is 5.11 Å². The molecular weight excluding hydrogens is 262 g/mol. The highest BCUT2D eigenvalue weighted by molar-refractivity contribution is 5.78. The molecule has 0 aromatic rings. The normalized spacial score (nSPS) is 26.5. The molecule has 0 spiro atoms. The van der Waals surface area contributed by atoms with Gasteiger partial charge in [-0.2, -0.15) is 0 Å². The Balaban J connectivity index is 2.06. The number of carboxylic acid groups (broad SMARTS) is 1. The number of rotatable bonds is 2. The van der Waals surface area contributed by atoms with E-state index < -0.39 is 11.5 Å². The van der Waals surface area contributed by atoms with Crippen molar-refractivity contribution in [3.05, 3.63) is 0 Å². The first-order valence-corrected chi connectivity index (χ1v) is 9.24. The number of likely N-dealkylation sites (tertiary alicyclic amines) is 1. The molecule has 2 fully saturated rings. The Hall–Kier alpha value is -0.570. The van der Waals surface area contributed by atoms with Crippen LogP contribution in [0.2, 0.25) is 0 Å². The Bertz CT molecular complexity index is 298. The van der Waals surface area contributed by atoms with Gasteiger partial charge in [0.1, 0.15) is 5.54 Å². The molecule has 0 radical (unpaired) electrons. The maximum Gasteiger partial charge on any atom is 0.324 e. The van der Waals surface area contributed by atoms with Gasteiger partial charge in [-0.05, 0) is 38.8 Å². The average molecular weight is 295 g/mol. The summed E-state index contributed by atoms with van der Waals surface area (Å²) in [7, 11) is 0. The Morgan fingerprint density at radius 1 is 0.667 bits per heavy atom. The summed E-state index contributed by atoms with van der Waals surface area (Å²) in [6, 6.07) is 0. The van der Waals surface area contributed by atoms with Gasteiger partial charge in [0.05, 0.1) is 0 Å². The van der Waals surface area contributed by atoms with Crippen LogP contribution in [0.4, 0.5) is 0 Å². The lowest BCUT2D eigenvalue weighted by molar-refractivity contribution is -0.154. The van der Waals surface area contributed by atoms with Crippen LogP contribution >= 0.6 is 0 Å². The molecule has 21 heavy (non-hydrogen) atoms. The highest BCUT2D eigenvalue weighted by Gasteiger charge is 2.43. The molecule has 0 atom stereocenters. The predicted molar refractivity (Wildman–Crippen MR) is 86.6 cm³/mol. The second kappa shape index (κ2) is 8.77. The third-order valence-corrected chi connectivity index (χ3v) is 5.54. The van der Waals surface area contributed by atoms with E-state index in [9.17, 15) is 9.90 Å². The summed E-state index contributed by atoms with van der Waals surface area (Å²) in [5.41, 5.74) is -0.556. The summed E-state index contributed by atoms with van der Waals surface area (Å²) in [4.78, 5) is 14.5. The second-order valence-electron chi connectivity index (χ2n) is 7.07. The Kier molecular flexibility index (Phi) is 7.01. The zero-order chi connectivity index (χ0) is 15.0. The van der Waals surface area contributed by atoms with Gasteiger partial charge in [0.25, 0.3) is 0 Å². The highest BCUT2D eigenvalue weighted by Crippen LogP contribution is 2.33. The van der Waals surface area contributed by atoms with Crippen molar-refractivity contribution in [2.75, 3.05) is 13.1 Å². The number of piperidine rings is 1. The summed E-state index contributed by atoms with van der Waals surface area (Å²) in [5.74, 6) is -0.554. The fourth-order valence-electron chi connectivity index (χ4n) is 4.18. The van der Waals surface area contributed by atoms with E-state index in [4.69, 9.17) is 0 Å². The van der Waals surface area contributed by atoms with Crippen LogP contribution in [-0.2, 0) is 4.79 Å². The summed E-state index contributed by atoms with van der Waals surface area (Å²) in [5, 5.41) is 10.0. The summed E-state index contributed by atoms with van der Waals surface area (Å²) < 4.78 is 0. The van der Waals surface area contributed by atoms with Crippen LogP contribution in [0, 0.1) is 0 Å². The van der Waals surface area contributed by atoms with Gasteiger partial charge in [-0.1, -0.05) is 64.2 Å². The van der Waals surface area contributed by atoms with Crippen molar-refractivity contribution in [2.24, 2.45) is 0 Å². The Labute approximate surface area is 130 Å². The molecule has 0 aromatic carbocycles. The minimum atomic E-state index is -0.556. The molecule has 2 rings (SSSR count). The third-order valence-electron chi connectivity index (χ3n) is 5.54. The van der Waals surface area contributed by atoms with E-state index in [1.54, 1.807) is 0 Å². The number of carbonyl (C=O) groups is 1. The molecule has 1 N–H and O–H groups in total. The minimum Gasteiger partial charge on any atom is -0.480 e. The third kappa shape index (κ3) is 4.70. The number of nitrogens with zero attached hydrogens (tertiary/aromatic N) is 1. The molecular formula is C18H33NO2. The fourth-order valence-corrected chi connectivity index (χ4v) is 4.18. The molecule has 3 heteroatoms. The number of hydrogen-bond acceptors (Lipinski definition) is 2. The van der Waals surface area contributed by atoms with E-state index in [1.807, 2.05) is 0 Å². The molecule has 1 heterocycles. The zero-order valence-electron chi connectivity index (χ0n) is 13.6. The molecule has 0 amide bonds. The van der Waals surface area contributed by atoms with Gasteiger partial charge in [0, 0.05) is 0 Å². The summed E-state index contributed by atoms with van der Waals surface area (Å²) in [6.07, 6.45) is 16.6. The average Bonchev–Trinajstić information content (AvgIpc) is 2.49. The lowest BCUT2D eigenvalue weighted by Gasteiger charge is -2.43. The van der Waals surface area contributed by atoms with Crippen LogP contribution in [-0.4, -0.2) is 34.6 Å². The topological polar surface area (TPSA) is 40.5 Å². The molecule has 0 aromatic heterocycles. The van der Waals surface area contributed by atoms with Crippen LogP contribution in [0.15, 0.2) is 0 Å². The van der Waals surface area contributed by atoms with Gasteiger partial charge >= 0.3 is 5.97 Å². The van der Waals surface area contributed by atoms with Crippen molar-refractivity contribution in [2.45, 2.75) is 95.4 Å². The molecule has 2 aliphatic rings. The van der Waals surface area contributed by atoms with Crippen molar-refractivity contribution in [3.8, 4) is 0 Å². The molecule has 1 aliphatic heterocycles. The first kappa shape index (κ1) is 16.8. The smallest absolute Gasteiger partial charge is 0.324 e. The van der Waals surface area contributed by atoms with Crippen molar-refractivity contribution >= 4 is 5.97 Å². The van der Waals surface area contributed by atoms with Gasteiger partial charge in [-0.3, -0.25) is 9.69 Å². The van der Waals surface area contributed by atoms with E-state index in [2.05, 4.69) is 4.90 Å². The maximum absolute atomic E-state index is 12.2. The van der Waals surface area contributed by atoms with E-state index in [-0.39, 0.29) is 0 Å². The number of aliphatic carboxylic acids is 1. The van der Waals surface area contributed by atoms with E-state index in [1.165, 1.54) is 64.2 Å². The number of hydrogen-bond donors (Lipinski definition) is 1. The van der Waals surface area contributed by atoms with Gasteiger partial charge in [0.15, 0.2) is 0 Å². The Morgan fingerprint density at radius 2 is 1.05 bits per heavy atom. The number of carboxylic acids is 1. The van der Waals surface area contributed by atoms with Crippen molar-refractivity contribution in [3.63, 3.8) is 0 Å². The molecule has 0 bridgehead atoms. The SMILES string of the molecule is O=C(O)C1(N2CCCCC2)CCCCCCCCCCC1. The molecule has 1 saturated carbocycles. The first-order valence-electron chi connectivity index (χ1n) is 9.24. The van der Waals surface area contributed by atoms with E-state index >= 15 is 0 Å². The monoisotopic (exact) mass is 295 g/mol. The molecule has 0 unspecified atom stereocenters. The van der Waals surface area contributed by atoms with Gasteiger partial charge in [0.2, 0.25) is 0 Å². The zero-order valence-corrected chi connectivity index (χ0v) is 13.6. The van der Waals surface area contributed by atoms with Crippen LogP contribution in [0.1, 0.15) is 89.9 Å². The van der Waals surface area contributed by atoms with Crippen LogP contribution < -0.4 is 0 Å². The van der Waals surface area contributed by atoms with Crippen molar-refractivity contribution < 1.29 is 9.90 Å². The summed E-state index contributed by atoms with van der Waals surface area (Å²) in [6.45, 7) is 1.98. The van der Waals surface area contributed by atoms with E-state index in [0.717, 1.165) is 38.8 Å². The van der Waals surface area contributed by atoms with E-state index in [0.29, 0.717) is 0 Å². The van der Waals surface area contributed by atoms with Crippen LogP contribution in [0.25, 0.3) is 0 Å². The van der Waals surface area contributed by atoms with Crippen LogP contribution in [0.5, 0.6) is 0 Å². The molecule has 1 saturated heterocycles. The lowest BCUT2D eigenvalue weighted by Crippen LogP contribution is -2.56. The fraction of sp³-hybridized carbons (Fsp3) is 0.944.